The number of ketones is 1. The number of hydrogen-bond donors (Lipinski definition) is 1. The van der Waals surface area contributed by atoms with Gasteiger partial charge in [-0.2, -0.15) is 0 Å². The Morgan fingerprint density at radius 1 is 1.27 bits per heavy atom. The first-order chi connectivity index (χ1) is 12.5. The van der Waals surface area contributed by atoms with Crippen LogP contribution in [-0.2, 0) is 11.2 Å². The monoisotopic (exact) mass is 351 g/mol. The van der Waals surface area contributed by atoms with E-state index in [9.17, 15) is 9.59 Å². The molecule has 1 heterocycles. The number of carbonyl (C=O) groups excluding carboxylic acids is 2. The SMILES string of the molecule is COc1cc2c(cc1/C=C/C(=O)Nc1cccc(C(C)=O)c1)OC(C)C2. The van der Waals surface area contributed by atoms with Crippen LogP contribution in [-0.4, -0.2) is 24.9 Å². The van der Waals surface area contributed by atoms with Gasteiger partial charge in [0.05, 0.1) is 7.11 Å². The summed E-state index contributed by atoms with van der Waals surface area (Å²) in [5.74, 6) is 1.19. The van der Waals surface area contributed by atoms with Crippen molar-refractivity contribution in [2.24, 2.45) is 0 Å². The van der Waals surface area contributed by atoms with Crippen LogP contribution in [0, 0.1) is 0 Å². The van der Waals surface area contributed by atoms with E-state index in [1.807, 2.05) is 19.1 Å². The van der Waals surface area contributed by atoms with Gasteiger partial charge in [0.1, 0.15) is 17.6 Å². The third kappa shape index (κ3) is 3.94. The fourth-order valence-corrected chi connectivity index (χ4v) is 2.93. The zero-order valence-electron chi connectivity index (χ0n) is 15.0. The number of hydrogen-bond acceptors (Lipinski definition) is 4. The van der Waals surface area contributed by atoms with Crippen molar-refractivity contribution >= 4 is 23.5 Å². The van der Waals surface area contributed by atoms with Crippen molar-refractivity contribution < 1.29 is 19.1 Å². The molecule has 0 radical (unpaired) electrons. The molecule has 0 saturated heterocycles. The van der Waals surface area contributed by atoms with Crippen molar-refractivity contribution in [1.29, 1.82) is 0 Å². The van der Waals surface area contributed by atoms with Crippen LogP contribution < -0.4 is 14.8 Å². The molecule has 5 nitrogen and oxygen atoms in total. The number of methoxy groups -OCH3 is 1. The fourth-order valence-electron chi connectivity index (χ4n) is 2.93. The average molecular weight is 351 g/mol. The normalized spacial score (nSPS) is 15.4. The van der Waals surface area contributed by atoms with Crippen LogP contribution in [0.25, 0.3) is 6.08 Å². The highest BCUT2D eigenvalue weighted by Crippen LogP contribution is 2.35. The summed E-state index contributed by atoms with van der Waals surface area (Å²) in [7, 11) is 1.60. The standard InChI is InChI=1S/C21H21NO4/c1-13-9-17-12-19(25-3)16(11-20(17)26-13)7-8-21(24)22-18-6-4-5-15(10-18)14(2)23/h4-8,10-13H,9H2,1-3H3,(H,22,24)/b8-7+. The summed E-state index contributed by atoms with van der Waals surface area (Å²) >= 11 is 0. The Morgan fingerprint density at radius 3 is 2.81 bits per heavy atom. The van der Waals surface area contributed by atoms with E-state index in [-0.39, 0.29) is 17.8 Å². The summed E-state index contributed by atoms with van der Waals surface area (Å²) in [5.41, 5.74) is 3.01. The van der Waals surface area contributed by atoms with Crippen molar-refractivity contribution in [2.45, 2.75) is 26.4 Å². The number of benzene rings is 2. The summed E-state index contributed by atoms with van der Waals surface area (Å²) < 4.78 is 11.2. The van der Waals surface area contributed by atoms with Gasteiger partial charge in [-0.25, -0.2) is 0 Å². The number of carbonyl (C=O) groups is 2. The van der Waals surface area contributed by atoms with Gasteiger partial charge in [0.15, 0.2) is 5.78 Å². The third-order valence-corrected chi connectivity index (χ3v) is 4.20. The number of amides is 1. The lowest BCUT2D eigenvalue weighted by atomic mass is 10.1. The van der Waals surface area contributed by atoms with Crippen LogP contribution in [0.4, 0.5) is 5.69 Å². The molecule has 26 heavy (non-hydrogen) atoms. The first-order valence-electron chi connectivity index (χ1n) is 8.44. The van der Waals surface area contributed by atoms with Gasteiger partial charge < -0.3 is 14.8 Å². The van der Waals surface area contributed by atoms with E-state index in [4.69, 9.17) is 9.47 Å². The molecule has 0 bridgehead atoms. The smallest absolute Gasteiger partial charge is 0.248 e. The first kappa shape index (κ1) is 17.7. The molecule has 0 aliphatic carbocycles. The van der Waals surface area contributed by atoms with E-state index in [0.717, 1.165) is 23.3 Å². The maximum Gasteiger partial charge on any atom is 0.248 e. The second-order valence-corrected chi connectivity index (χ2v) is 6.29. The van der Waals surface area contributed by atoms with Crippen molar-refractivity contribution in [3.8, 4) is 11.5 Å². The minimum atomic E-state index is -0.289. The molecule has 1 N–H and O–H groups in total. The van der Waals surface area contributed by atoms with Crippen LogP contribution in [0.2, 0.25) is 0 Å². The van der Waals surface area contributed by atoms with Crippen LogP contribution in [0.1, 0.15) is 35.3 Å². The van der Waals surface area contributed by atoms with Crippen LogP contribution in [0.5, 0.6) is 11.5 Å². The molecule has 2 aromatic rings. The molecule has 1 amide bonds. The lowest BCUT2D eigenvalue weighted by Crippen LogP contribution is -2.08. The fraction of sp³-hybridized carbons (Fsp3) is 0.238. The molecule has 0 fully saturated rings. The van der Waals surface area contributed by atoms with E-state index in [0.29, 0.717) is 17.0 Å². The lowest BCUT2D eigenvalue weighted by Gasteiger charge is -2.08. The van der Waals surface area contributed by atoms with Gasteiger partial charge in [-0.15, -0.1) is 0 Å². The summed E-state index contributed by atoms with van der Waals surface area (Å²) in [6.07, 6.45) is 4.12. The van der Waals surface area contributed by atoms with Gasteiger partial charge in [0.2, 0.25) is 5.91 Å². The molecule has 1 aliphatic heterocycles. The Bertz CT molecular complexity index is 886. The maximum absolute atomic E-state index is 12.2. The van der Waals surface area contributed by atoms with Crippen molar-refractivity contribution in [2.75, 3.05) is 12.4 Å². The van der Waals surface area contributed by atoms with Crippen LogP contribution in [0.3, 0.4) is 0 Å². The highest BCUT2D eigenvalue weighted by Gasteiger charge is 2.21. The molecule has 0 aromatic heterocycles. The van der Waals surface area contributed by atoms with Gasteiger partial charge in [-0.05, 0) is 44.2 Å². The largest absolute Gasteiger partial charge is 0.496 e. The van der Waals surface area contributed by atoms with Crippen molar-refractivity contribution in [3.63, 3.8) is 0 Å². The highest BCUT2D eigenvalue weighted by molar-refractivity contribution is 6.03. The molecule has 1 atom stereocenters. The second-order valence-electron chi connectivity index (χ2n) is 6.29. The average Bonchev–Trinajstić information content (AvgIpc) is 2.98. The van der Waals surface area contributed by atoms with Gasteiger partial charge in [0.25, 0.3) is 0 Å². The third-order valence-electron chi connectivity index (χ3n) is 4.20. The molecule has 134 valence electrons. The van der Waals surface area contributed by atoms with Gasteiger partial charge >= 0.3 is 0 Å². The van der Waals surface area contributed by atoms with Gasteiger partial charge in [-0.3, -0.25) is 9.59 Å². The Balaban J connectivity index is 1.75. The van der Waals surface area contributed by atoms with E-state index in [1.54, 1.807) is 37.5 Å². The molecule has 5 heteroatoms. The topological polar surface area (TPSA) is 64.6 Å². The van der Waals surface area contributed by atoms with E-state index in [1.165, 1.54) is 13.0 Å². The Labute approximate surface area is 152 Å². The number of rotatable bonds is 5. The molecule has 0 saturated carbocycles. The van der Waals surface area contributed by atoms with Gasteiger partial charge in [-0.1, -0.05) is 12.1 Å². The maximum atomic E-state index is 12.2. The summed E-state index contributed by atoms with van der Waals surface area (Å²) in [6.45, 7) is 3.51. The zero-order chi connectivity index (χ0) is 18.7. The predicted molar refractivity (Wildman–Crippen MR) is 101 cm³/mol. The summed E-state index contributed by atoms with van der Waals surface area (Å²) in [4.78, 5) is 23.6. The molecule has 0 spiro atoms. The molecule has 3 rings (SSSR count). The second kappa shape index (κ2) is 7.44. The molecular weight excluding hydrogens is 330 g/mol. The number of ether oxygens (including phenoxy) is 2. The number of anilines is 1. The number of nitrogens with one attached hydrogen (secondary N) is 1. The predicted octanol–water partition coefficient (Wildman–Crippen LogP) is 3.87. The summed E-state index contributed by atoms with van der Waals surface area (Å²) in [5, 5.41) is 2.75. The van der Waals surface area contributed by atoms with E-state index >= 15 is 0 Å². The van der Waals surface area contributed by atoms with Crippen molar-refractivity contribution in [3.05, 3.63) is 59.2 Å². The molecule has 1 unspecified atom stereocenters. The lowest BCUT2D eigenvalue weighted by molar-refractivity contribution is -0.111. The van der Waals surface area contributed by atoms with E-state index < -0.39 is 0 Å². The first-order valence-corrected chi connectivity index (χ1v) is 8.44. The minimum absolute atomic E-state index is 0.0475. The van der Waals surface area contributed by atoms with Gasteiger partial charge in [0, 0.05) is 34.9 Å². The van der Waals surface area contributed by atoms with E-state index in [2.05, 4.69) is 5.32 Å². The number of Topliss-reactive ketones (excluding diaryl/α,β-unsaturated/α-hetero) is 1. The van der Waals surface area contributed by atoms with Crippen LogP contribution >= 0.6 is 0 Å². The molecule has 1 aliphatic rings. The molecular formula is C21H21NO4. The van der Waals surface area contributed by atoms with Crippen molar-refractivity contribution in [1.82, 2.24) is 0 Å². The Kier molecular flexibility index (Phi) is 5.07. The highest BCUT2D eigenvalue weighted by atomic mass is 16.5. The zero-order valence-corrected chi connectivity index (χ0v) is 15.0. The molecule has 2 aromatic carbocycles. The number of fused-ring (bicyclic) bond motifs is 1. The quantitative estimate of drug-likeness (QED) is 0.656. The minimum Gasteiger partial charge on any atom is -0.496 e. The summed E-state index contributed by atoms with van der Waals surface area (Å²) in [6, 6.07) is 10.7. The van der Waals surface area contributed by atoms with Crippen LogP contribution in [0.15, 0.2) is 42.5 Å². The Hall–Kier alpha value is -3.08. The Morgan fingerprint density at radius 2 is 2.08 bits per heavy atom.